The summed E-state index contributed by atoms with van der Waals surface area (Å²) >= 11 is 3.12. The van der Waals surface area contributed by atoms with Crippen molar-refractivity contribution in [3.8, 4) is 6.01 Å². The number of hydrogen-bond acceptors (Lipinski definition) is 15. The second kappa shape index (κ2) is 18.2. The van der Waals surface area contributed by atoms with E-state index in [0.29, 0.717) is 54.0 Å². The van der Waals surface area contributed by atoms with Gasteiger partial charge in [-0.25, -0.2) is 19.2 Å². The summed E-state index contributed by atoms with van der Waals surface area (Å²) in [5, 5.41) is 0.329. The zero-order chi connectivity index (χ0) is 42.4. The molecular formula is C38H38BrN5O14. The Balaban J connectivity index is 0.000000166. The van der Waals surface area contributed by atoms with Gasteiger partial charge in [-0.15, -0.1) is 0 Å². The molecule has 2 N–H and O–H groups in total. The van der Waals surface area contributed by atoms with Crippen molar-refractivity contribution in [3.05, 3.63) is 120 Å². The standard InChI is InChI=1S/C14H15NO4.C12H11BrN2O4.C12H12N2O6/c1-2-9-5-12(17)19-10-6-11(16)15(7-8-3-4-8)14(18)13(9)10;1-3-5-18-12-14-9(16)7-6(4-2)8(13)11(17)19-10(7)15-12;1-3-6-4-7(15)20-11-9(6)10(17)13-12(18)14(11)5-8(16)19-2/h5,8H,2-4,6-7H2,1H3;3H,1,4-5H2,2H3,(H,14,15,16);4H,3,5H2,1-2H3,(H,13,17,18). The van der Waals surface area contributed by atoms with Crippen LogP contribution in [0.5, 0.6) is 6.01 Å². The third-order valence-electron chi connectivity index (χ3n) is 9.06. The number of halogens is 1. The molecule has 0 radical (unpaired) electrons. The number of aryl methyl sites for hydroxylation is 3. The zero-order valence-corrected chi connectivity index (χ0v) is 33.4. The maximum absolute atomic E-state index is 12.4. The highest BCUT2D eigenvalue weighted by Gasteiger charge is 2.38. The molecule has 1 aliphatic carbocycles. The van der Waals surface area contributed by atoms with E-state index in [0.717, 1.165) is 24.5 Å². The Morgan fingerprint density at radius 1 is 0.931 bits per heavy atom. The van der Waals surface area contributed by atoms with E-state index in [1.165, 1.54) is 23.1 Å². The van der Waals surface area contributed by atoms with Crippen molar-refractivity contribution < 1.29 is 37.1 Å². The summed E-state index contributed by atoms with van der Waals surface area (Å²) in [6.45, 7) is 9.19. The van der Waals surface area contributed by atoms with Crippen LogP contribution >= 0.6 is 15.9 Å². The minimum Gasteiger partial charge on any atom is -0.468 e. The first-order valence-corrected chi connectivity index (χ1v) is 18.8. The van der Waals surface area contributed by atoms with E-state index in [1.54, 1.807) is 6.92 Å². The van der Waals surface area contributed by atoms with Crippen LogP contribution in [0.2, 0.25) is 0 Å². The van der Waals surface area contributed by atoms with E-state index in [-0.39, 0.29) is 63.3 Å². The van der Waals surface area contributed by atoms with Gasteiger partial charge in [0.25, 0.3) is 23.0 Å². The van der Waals surface area contributed by atoms with Crippen LogP contribution in [0, 0.1) is 5.92 Å². The van der Waals surface area contributed by atoms with E-state index < -0.39 is 46.2 Å². The van der Waals surface area contributed by atoms with Crippen molar-refractivity contribution >= 4 is 55.9 Å². The third-order valence-corrected chi connectivity index (χ3v) is 9.86. The number of H-pyrrole nitrogens is 2. The Labute approximate surface area is 334 Å². The first kappa shape index (κ1) is 42.7. The number of carbonyl (C=O) groups excluding carboxylic acids is 3. The van der Waals surface area contributed by atoms with Crippen molar-refractivity contribution in [2.24, 2.45) is 5.92 Å². The van der Waals surface area contributed by atoms with Crippen molar-refractivity contribution in [2.75, 3.05) is 20.3 Å². The predicted molar refractivity (Wildman–Crippen MR) is 209 cm³/mol. The van der Waals surface area contributed by atoms with Gasteiger partial charge in [-0.05, 0) is 70.6 Å². The van der Waals surface area contributed by atoms with Crippen molar-refractivity contribution in [2.45, 2.75) is 65.8 Å². The SMILES string of the molecule is C=CCOc1nc2oc(=O)c(Br)c(CC)c2c(=O)[nH]1.CCc1cc(=O)oc2c1C(=O)N(CC1CC1)C(=O)C2.CCc1cc(=O)oc2c1c(=O)[nH]c(=O)n2CC(=O)OC. The van der Waals surface area contributed by atoms with E-state index >= 15 is 0 Å². The molecule has 0 aromatic carbocycles. The average Bonchev–Trinajstić information content (AvgIpc) is 4.01. The first-order valence-electron chi connectivity index (χ1n) is 18.0. The molecule has 1 aliphatic heterocycles. The lowest BCUT2D eigenvalue weighted by Crippen LogP contribution is -2.44. The van der Waals surface area contributed by atoms with Gasteiger partial charge in [0, 0.05) is 18.7 Å². The van der Waals surface area contributed by atoms with Gasteiger partial charge < -0.3 is 22.7 Å². The fourth-order valence-electron chi connectivity index (χ4n) is 6.05. The van der Waals surface area contributed by atoms with Crippen LogP contribution in [0.15, 0.2) is 71.3 Å². The molecule has 19 nitrogen and oxygen atoms in total. The summed E-state index contributed by atoms with van der Waals surface area (Å²) in [6.07, 6.45) is 5.16. The zero-order valence-electron chi connectivity index (χ0n) is 31.8. The van der Waals surface area contributed by atoms with Gasteiger partial charge >= 0.3 is 28.5 Å². The van der Waals surface area contributed by atoms with Gasteiger partial charge in [-0.1, -0.05) is 33.4 Å². The molecule has 0 bridgehead atoms. The Kier molecular flexibility index (Phi) is 13.4. The minimum absolute atomic E-state index is 0.00933. The molecular weight excluding hydrogens is 830 g/mol. The molecule has 2 amide bonds. The van der Waals surface area contributed by atoms with Gasteiger partial charge in [0.15, 0.2) is 0 Å². The van der Waals surface area contributed by atoms with Gasteiger partial charge in [0.1, 0.15) is 34.2 Å². The number of fused-ring (bicyclic) bond motifs is 3. The largest absolute Gasteiger partial charge is 0.468 e. The van der Waals surface area contributed by atoms with E-state index in [9.17, 15) is 43.2 Å². The van der Waals surface area contributed by atoms with Crippen molar-refractivity contribution in [1.82, 2.24) is 24.4 Å². The smallest absolute Gasteiger partial charge is 0.352 e. The lowest BCUT2D eigenvalue weighted by molar-refractivity contribution is -0.141. The Morgan fingerprint density at radius 3 is 2.21 bits per heavy atom. The fraction of sp³-hybridized carbons (Fsp3) is 0.368. The van der Waals surface area contributed by atoms with Gasteiger partial charge in [0.2, 0.25) is 17.3 Å². The van der Waals surface area contributed by atoms with Crippen LogP contribution in [-0.2, 0) is 46.6 Å². The predicted octanol–water partition coefficient (Wildman–Crippen LogP) is 2.28. The molecule has 2 aliphatic rings. The monoisotopic (exact) mass is 867 g/mol. The first-order chi connectivity index (χ1) is 27.6. The topological polar surface area (TPSA) is 264 Å². The highest BCUT2D eigenvalue weighted by Crippen LogP contribution is 2.32. The lowest BCUT2D eigenvalue weighted by atomic mass is 9.98. The quantitative estimate of drug-likeness (QED) is 0.116. The number of amides is 2. The normalized spacial score (nSPS) is 13.3. The summed E-state index contributed by atoms with van der Waals surface area (Å²) in [5.74, 6) is -0.591. The maximum atomic E-state index is 12.4. The van der Waals surface area contributed by atoms with Gasteiger partial charge in [0.05, 0.1) is 19.1 Å². The van der Waals surface area contributed by atoms with Gasteiger partial charge in [-0.2, -0.15) is 4.98 Å². The van der Waals surface area contributed by atoms with Crippen LogP contribution in [0.3, 0.4) is 0 Å². The number of aromatic amines is 2. The summed E-state index contributed by atoms with van der Waals surface area (Å²) in [6, 6.07) is 2.52. The molecule has 0 saturated heterocycles. The average molecular weight is 869 g/mol. The Morgan fingerprint density at radius 2 is 1.59 bits per heavy atom. The molecule has 6 heterocycles. The van der Waals surface area contributed by atoms with E-state index in [1.807, 2.05) is 13.8 Å². The summed E-state index contributed by atoms with van der Waals surface area (Å²) < 4.78 is 25.7. The molecule has 1 saturated carbocycles. The molecule has 306 valence electrons. The molecule has 58 heavy (non-hydrogen) atoms. The van der Waals surface area contributed by atoms with Crippen LogP contribution < -0.4 is 38.4 Å². The van der Waals surface area contributed by atoms with Gasteiger partial charge in [-0.3, -0.25) is 43.4 Å². The lowest BCUT2D eigenvalue weighted by Gasteiger charge is -2.26. The molecule has 7 rings (SSSR count). The summed E-state index contributed by atoms with van der Waals surface area (Å²) in [5.41, 5.74) is -1.84. The molecule has 20 heteroatoms. The highest BCUT2D eigenvalue weighted by molar-refractivity contribution is 9.10. The number of nitrogens with one attached hydrogen (secondary N) is 2. The number of carbonyl (C=O) groups is 3. The Bertz CT molecular complexity index is 2810. The number of methoxy groups -OCH3 is 1. The van der Waals surface area contributed by atoms with Crippen LogP contribution in [0.25, 0.3) is 22.2 Å². The van der Waals surface area contributed by atoms with Crippen LogP contribution in [0.4, 0.5) is 0 Å². The molecule has 1 fully saturated rings. The second-order valence-corrected chi connectivity index (χ2v) is 13.7. The molecule has 0 atom stereocenters. The molecule has 0 unspecified atom stereocenters. The van der Waals surface area contributed by atoms with Crippen molar-refractivity contribution in [1.29, 1.82) is 0 Å². The summed E-state index contributed by atoms with van der Waals surface area (Å²) in [4.78, 5) is 116. The number of esters is 1. The number of hydrogen-bond donors (Lipinski definition) is 2. The Hall–Kier alpha value is -6.44. The third kappa shape index (κ3) is 9.22. The number of rotatable bonds is 10. The minimum atomic E-state index is -0.843. The van der Waals surface area contributed by atoms with E-state index in [4.69, 9.17) is 18.0 Å². The number of nitrogens with zero attached hydrogens (tertiary/aromatic N) is 3. The van der Waals surface area contributed by atoms with Crippen molar-refractivity contribution in [3.63, 3.8) is 0 Å². The highest BCUT2D eigenvalue weighted by atomic mass is 79.9. The maximum Gasteiger partial charge on any atom is 0.352 e. The second-order valence-electron chi connectivity index (χ2n) is 12.9. The van der Waals surface area contributed by atoms with E-state index in [2.05, 4.69) is 42.2 Å². The molecule has 0 spiro atoms. The van der Waals surface area contributed by atoms with Crippen LogP contribution in [-0.4, -0.2) is 62.5 Å². The molecule has 5 aromatic rings. The number of aromatic nitrogens is 4. The number of ether oxygens (including phenoxy) is 2. The number of imide groups is 1. The summed E-state index contributed by atoms with van der Waals surface area (Å²) in [7, 11) is 1.16. The van der Waals surface area contributed by atoms with Crippen LogP contribution in [0.1, 0.15) is 66.4 Å². The fourth-order valence-corrected chi connectivity index (χ4v) is 6.61. The molecule has 5 aromatic heterocycles.